The van der Waals surface area contributed by atoms with E-state index in [4.69, 9.17) is 0 Å². The minimum absolute atomic E-state index is 0.0875. The zero-order valence-electron chi connectivity index (χ0n) is 27.0. The zero-order valence-corrected chi connectivity index (χ0v) is 27.0. The summed E-state index contributed by atoms with van der Waals surface area (Å²) >= 11 is 0. The molecule has 0 fully saturated rings. The predicted octanol–water partition coefficient (Wildman–Crippen LogP) is 9.01. The molecule has 0 bridgehead atoms. The van der Waals surface area contributed by atoms with Crippen LogP contribution in [0, 0.1) is 0 Å². The van der Waals surface area contributed by atoms with Gasteiger partial charge < -0.3 is 9.80 Å². The Morgan fingerprint density at radius 3 is 0.771 bits per heavy atom. The number of amides is 2. The fourth-order valence-corrected chi connectivity index (χ4v) is 6.31. The van der Waals surface area contributed by atoms with Crippen molar-refractivity contribution in [2.24, 2.45) is 0 Å². The van der Waals surface area contributed by atoms with Crippen LogP contribution in [0.5, 0.6) is 0 Å². The van der Waals surface area contributed by atoms with Crippen molar-refractivity contribution >= 4 is 11.8 Å². The van der Waals surface area contributed by atoms with E-state index in [0.29, 0.717) is 26.2 Å². The van der Waals surface area contributed by atoms with Crippen molar-refractivity contribution in [2.75, 3.05) is 0 Å². The summed E-state index contributed by atoms with van der Waals surface area (Å²) < 4.78 is 0. The van der Waals surface area contributed by atoms with E-state index in [2.05, 4.69) is 0 Å². The first-order valence-corrected chi connectivity index (χ1v) is 16.5. The SMILES string of the molecule is O=C([C@H](c1ccccc1)[C@H](C(=O)N(Cc1ccccc1)Cc1ccccc1)c1ccccc1)N(Cc1ccccc1)Cc1ccccc1. The van der Waals surface area contributed by atoms with Gasteiger partial charge in [-0.15, -0.1) is 0 Å². The Balaban J connectivity index is 1.46. The van der Waals surface area contributed by atoms with Crippen LogP contribution in [0.15, 0.2) is 182 Å². The summed E-state index contributed by atoms with van der Waals surface area (Å²) in [6.45, 7) is 1.69. The Labute approximate surface area is 283 Å². The lowest BCUT2D eigenvalue weighted by Gasteiger charge is -2.35. The molecule has 48 heavy (non-hydrogen) atoms. The summed E-state index contributed by atoms with van der Waals surface area (Å²) in [4.78, 5) is 34.3. The minimum Gasteiger partial charge on any atom is -0.333 e. The summed E-state index contributed by atoms with van der Waals surface area (Å²) in [7, 11) is 0. The lowest BCUT2D eigenvalue weighted by molar-refractivity contribution is -0.141. The average molecular weight is 629 g/mol. The van der Waals surface area contributed by atoms with Crippen LogP contribution < -0.4 is 0 Å². The smallest absolute Gasteiger partial charge is 0.231 e. The number of hydrogen-bond donors (Lipinski definition) is 0. The Hall–Kier alpha value is -5.74. The van der Waals surface area contributed by atoms with Crippen LogP contribution in [0.25, 0.3) is 0 Å². The summed E-state index contributed by atoms with van der Waals surface area (Å²) in [5.74, 6) is -1.70. The standard InChI is InChI=1S/C44H40N2O2/c47-43(45(31-35-19-7-1-8-20-35)32-36-21-9-2-10-22-36)41(39-27-15-5-16-28-39)42(40-29-17-6-18-30-40)44(48)46(33-37-23-11-3-12-24-37)34-38-25-13-4-14-26-38/h1-30,41-42H,31-34H2/t41-,42-/m1/s1. The number of benzene rings is 6. The second-order valence-electron chi connectivity index (χ2n) is 12.1. The van der Waals surface area contributed by atoms with Crippen LogP contribution in [0.1, 0.15) is 45.2 Å². The molecule has 0 radical (unpaired) electrons. The highest BCUT2D eigenvalue weighted by molar-refractivity contribution is 5.95. The molecule has 2 atom stereocenters. The van der Waals surface area contributed by atoms with Gasteiger partial charge in [-0.1, -0.05) is 182 Å². The first kappa shape index (κ1) is 32.2. The molecule has 0 heterocycles. The van der Waals surface area contributed by atoms with Crippen molar-refractivity contribution in [1.82, 2.24) is 9.80 Å². The van der Waals surface area contributed by atoms with Gasteiger partial charge in [-0.3, -0.25) is 9.59 Å². The highest BCUT2D eigenvalue weighted by atomic mass is 16.2. The molecule has 2 amide bonds. The lowest BCUT2D eigenvalue weighted by atomic mass is 9.79. The van der Waals surface area contributed by atoms with E-state index in [1.807, 2.05) is 192 Å². The van der Waals surface area contributed by atoms with E-state index in [9.17, 15) is 0 Å². The van der Waals surface area contributed by atoms with E-state index < -0.39 is 11.8 Å². The Bertz CT molecular complexity index is 1630. The third kappa shape index (κ3) is 8.34. The molecule has 0 spiro atoms. The molecule has 4 heteroatoms. The van der Waals surface area contributed by atoms with Crippen molar-refractivity contribution in [3.63, 3.8) is 0 Å². The van der Waals surface area contributed by atoms with Crippen molar-refractivity contribution < 1.29 is 9.59 Å². The van der Waals surface area contributed by atoms with Crippen LogP contribution >= 0.6 is 0 Å². The first-order valence-electron chi connectivity index (χ1n) is 16.5. The lowest BCUT2D eigenvalue weighted by Crippen LogP contribution is -2.42. The number of carbonyl (C=O) groups excluding carboxylic acids is 2. The molecule has 0 aliphatic carbocycles. The van der Waals surface area contributed by atoms with E-state index in [1.165, 1.54) is 0 Å². The second-order valence-corrected chi connectivity index (χ2v) is 12.1. The highest BCUT2D eigenvalue weighted by Crippen LogP contribution is 2.38. The molecule has 6 aromatic carbocycles. The maximum Gasteiger partial charge on any atom is 0.231 e. The summed E-state index contributed by atoms with van der Waals surface area (Å²) in [6.07, 6.45) is 0. The highest BCUT2D eigenvalue weighted by Gasteiger charge is 2.40. The van der Waals surface area contributed by atoms with Gasteiger partial charge in [0.25, 0.3) is 0 Å². The topological polar surface area (TPSA) is 40.6 Å². The molecule has 0 aliphatic heterocycles. The van der Waals surface area contributed by atoms with Crippen LogP contribution in [-0.4, -0.2) is 21.6 Å². The minimum atomic E-state index is -0.762. The third-order valence-corrected chi connectivity index (χ3v) is 8.67. The molecular formula is C44H40N2O2. The predicted molar refractivity (Wildman–Crippen MR) is 193 cm³/mol. The first-order chi connectivity index (χ1) is 23.7. The quantitative estimate of drug-likeness (QED) is 0.128. The van der Waals surface area contributed by atoms with Gasteiger partial charge >= 0.3 is 0 Å². The second kappa shape index (κ2) is 16.2. The number of rotatable bonds is 13. The summed E-state index contributed by atoms with van der Waals surface area (Å²) in [6, 6.07) is 59.9. The molecule has 0 N–H and O–H groups in total. The van der Waals surface area contributed by atoms with Crippen LogP contribution in [0.3, 0.4) is 0 Å². The number of carbonyl (C=O) groups is 2. The van der Waals surface area contributed by atoms with Crippen molar-refractivity contribution in [2.45, 2.75) is 38.0 Å². The largest absolute Gasteiger partial charge is 0.333 e. The monoisotopic (exact) mass is 628 g/mol. The van der Waals surface area contributed by atoms with Gasteiger partial charge in [0, 0.05) is 26.2 Å². The average Bonchev–Trinajstić information content (AvgIpc) is 3.15. The zero-order chi connectivity index (χ0) is 33.0. The van der Waals surface area contributed by atoms with Gasteiger partial charge in [0.2, 0.25) is 11.8 Å². The van der Waals surface area contributed by atoms with Crippen molar-refractivity contribution in [3.05, 3.63) is 215 Å². The van der Waals surface area contributed by atoms with E-state index >= 15 is 9.59 Å². The Morgan fingerprint density at radius 1 is 0.333 bits per heavy atom. The Morgan fingerprint density at radius 2 is 0.542 bits per heavy atom. The number of nitrogens with zero attached hydrogens (tertiary/aromatic N) is 2. The molecule has 6 aromatic rings. The van der Waals surface area contributed by atoms with Gasteiger partial charge in [-0.25, -0.2) is 0 Å². The maximum absolute atomic E-state index is 15.3. The Kier molecular flexibility index (Phi) is 10.9. The molecule has 0 aliphatic rings. The van der Waals surface area contributed by atoms with Crippen LogP contribution in [0.4, 0.5) is 0 Å². The molecule has 6 rings (SSSR count). The number of hydrogen-bond acceptors (Lipinski definition) is 2. The maximum atomic E-state index is 15.3. The molecule has 238 valence electrons. The molecule has 0 aromatic heterocycles. The molecular weight excluding hydrogens is 588 g/mol. The van der Waals surface area contributed by atoms with E-state index in [0.717, 1.165) is 33.4 Å². The third-order valence-electron chi connectivity index (χ3n) is 8.67. The van der Waals surface area contributed by atoms with Crippen molar-refractivity contribution in [1.29, 1.82) is 0 Å². The molecule has 0 saturated carbocycles. The fourth-order valence-electron chi connectivity index (χ4n) is 6.31. The summed E-state index contributed by atoms with van der Waals surface area (Å²) in [5.41, 5.74) is 5.76. The van der Waals surface area contributed by atoms with Gasteiger partial charge in [0.05, 0.1) is 11.8 Å². The molecule has 0 unspecified atom stereocenters. The van der Waals surface area contributed by atoms with Gasteiger partial charge in [-0.2, -0.15) is 0 Å². The fraction of sp³-hybridized carbons (Fsp3) is 0.136. The van der Waals surface area contributed by atoms with Crippen molar-refractivity contribution in [3.8, 4) is 0 Å². The van der Waals surface area contributed by atoms with Gasteiger partial charge in [0.15, 0.2) is 0 Å². The van der Waals surface area contributed by atoms with Gasteiger partial charge in [-0.05, 0) is 33.4 Å². The van der Waals surface area contributed by atoms with Crippen LogP contribution in [-0.2, 0) is 35.8 Å². The summed E-state index contributed by atoms with van der Waals surface area (Å²) in [5, 5.41) is 0. The molecule has 0 saturated heterocycles. The normalized spacial score (nSPS) is 12.1. The van der Waals surface area contributed by atoms with E-state index in [1.54, 1.807) is 0 Å². The molecule has 4 nitrogen and oxygen atoms in total. The van der Waals surface area contributed by atoms with Crippen LogP contribution in [0.2, 0.25) is 0 Å². The van der Waals surface area contributed by atoms with E-state index in [-0.39, 0.29) is 11.8 Å². The van der Waals surface area contributed by atoms with Gasteiger partial charge in [0.1, 0.15) is 0 Å².